The topological polar surface area (TPSA) is 49.8 Å². The smallest absolute Gasteiger partial charge is 0.409 e. The Morgan fingerprint density at radius 3 is 2.45 bits per heavy atom. The van der Waals surface area contributed by atoms with E-state index in [4.69, 9.17) is 9.84 Å². The van der Waals surface area contributed by atoms with Crippen molar-refractivity contribution in [3.05, 3.63) is 0 Å². The van der Waals surface area contributed by atoms with Gasteiger partial charge in [-0.1, -0.05) is 0 Å². The van der Waals surface area contributed by atoms with Gasteiger partial charge in [0.05, 0.1) is 12.6 Å². The highest BCUT2D eigenvalue weighted by Gasteiger charge is 2.41. The van der Waals surface area contributed by atoms with E-state index in [1.54, 1.807) is 13.8 Å². The van der Waals surface area contributed by atoms with Crippen molar-refractivity contribution in [2.45, 2.75) is 32.5 Å². The molecule has 0 aromatic carbocycles. The standard InChI is InChI=1S/C7H13NO3/c1-5-4-11-7(2,3)8(5)6(9)10/h5H,4H2,1-3H3,(H,9,10). The van der Waals surface area contributed by atoms with Crippen LogP contribution in [0.5, 0.6) is 0 Å². The summed E-state index contributed by atoms with van der Waals surface area (Å²) in [5.41, 5.74) is -0.661. The number of carbonyl (C=O) groups is 1. The van der Waals surface area contributed by atoms with Crippen molar-refractivity contribution >= 4 is 6.09 Å². The molecule has 0 aromatic rings. The summed E-state index contributed by atoms with van der Waals surface area (Å²) in [5.74, 6) is 0. The SMILES string of the molecule is CC1COC(C)(C)N1C(=O)O. The third kappa shape index (κ3) is 1.30. The summed E-state index contributed by atoms with van der Waals surface area (Å²) < 4.78 is 5.27. The zero-order chi connectivity index (χ0) is 8.65. The van der Waals surface area contributed by atoms with Crippen molar-refractivity contribution < 1.29 is 14.6 Å². The van der Waals surface area contributed by atoms with Crippen LogP contribution < -0.4 is 0 Å². The van der Waals surface area contributed by atoms with Crippen molar-refractivity contribution in [3.63, 3.8) is 0 Å². The summed E-state index contributed by atoms with van der Waals surface area (Å²) in [4.78, 5) is 12.0. The highest BCUT2D eigenvalue weighted by Crippen LogP contribution is 2.26. The maximum atomic E-state index is 10.7. The molecule has 0 aromatic heterocycles. The van der Waals surface area contributed by atoms with Crippen LogP contribution in [0.25, 0.3) is 0 Å². The molecule has 0 spiro atoms. The molecule has 1 fully saturated rings. The number of nitrogens with zero attached hydrogens (tertiary/aromatic N) is 1. The number of hydrogen-bond donors (Lipinski definition) is 1. The molecule has 1 aliphatic rings. The molecule has 1 saturated heterocycles. The molecule has 0 radical (unpaired) electrons. The summed E-state index contributed by atoms with van der Waals surface area (Å²) in [6.07, 6.45) is -0.917. The molecule has 1 N–H and O–H groups in total. The predicted octanol–water partition coefficient (Wildman–Crippen LogP) is 1.12. The largest absolute Gasteiger partial charge is 0.465 e. The molecule has 1 unspecified atom stereocenters. The van der Waals surface area contributed by atoms with Gasteiger partial charge >= 0.3 is 6.09 Å². The lowest BCUT2D eigenvalue weighted by molar-refractivity contribution is -0.0415. The highest BCUT2D eigenvalue weighted by atomic mass is 16.5. The number of hydrogen-bond acceptors (Lipinski definition) is 2. The van der Waals surface area contributed by atoms with Crippen molar-refractivity contribution in [2.24, 2.45) is 0 Å². The van der Waals surface area contributed by atoms with Gasteiger partial charge in [-0.05, 0) is 20.8 Å². The van der Waals surface area contributed by atoms with Gasteiger partial charge in [-0.15, -0.1) is 0 Å². The van der Waals surface area contributed by atoms with Crippen LogP contribution in [0.15, 0.2) is 0 Å². The molecular weight excluding hydrogens is 146 g/mol. The average Bonchev–Trinajstić information content (AvgIpc) is 2.06. The minimum atomic E-state index is -0.917. The zero-order valence-corrected chi connectivity index (χ0v) is 7.00. The second kappa shape index (κ2) is 2.37. The fraction of sp³-hybridized carbons (Fsp3) is 0.857. The molecule has 0 aliphatic carbocycles. The highest BCUT2D eigenvalue weighted by molar-refractivity contribution is 5.66. The Bertz CT molecular complexity index is 179. The van der Waals surface area contributed by atoms with Crippen LogP contribution in [0.2, 0.25) is 0 Å². The molecule has 64 valence electrons. The summed E-state index contributed by atoms with van der Waals surface area (Å²) in [7, 11) is 0. The van der Waals surface area contributed by atoms with Gasteiger partial charge in [0.1, 0.15) is 5.72 Å². The molecule has 1 heterocycles. The van der Waals surface area contributed by atoms with E-state index in [2.05, 4.69) is 0 Å². The summed E-state index contributed by atoms with van der Waals surface area (Å²) in [6, 6.07) is -0.0394. The zero-order valence-electron chi connectivity index (χ0n) is 7.00. The Labute approximate surface area is 65.8 Å². The fourth-order valence-corrected chi connectivity index (χ4v) is 1.42. The van der Waals surface area contributed by atoms with E-state index in [9.17, 15) is 4.79 Å². The van der Waals surface area contributed by atoms with Gasteiger partial charge in [-0.3, -0.25) is 4.90 Å². The summed E-state index contributed by atoms with van der Waals surface area (Å²) in [5, 5.41) is 8.77. The van der Waals surface area contributed by atoms with Crippen LogP contribution in [0.4, 0.5) is 4.79 Å². The minimum absolute atomic E-state index is 0.0394. The maximum Gasteiger partial charge on any atom is 0.409 e. The van der Waals surface area contributed by atoms with Crippen LogP contribution in [0, 0.1) is 0 Å². The molecule has 11 heavy (non-hydrogen) atoms. The lowest BCUT2D eigenvalue weighted by atomic mass is 10.2. The van der Waals surface area contributed by atoms with E-state index in [1.165, 1.54) is 4.90 Å². The quantitative estimate of drug-likeness (QED) is 0.576. The van der Waals surface area contributed by atoms with E-state index in [0.29, 0.717) is 6.61 Å². The van der Waals surface area contributed by atoms with Gasteiger partial charge in [-0.25, -0.2) is 4.79 Å². The van der Waals surface area contributed by atoms with E-state index in [0.717, 1.165) is 0 Å². The molecule has 4 heteroatoms. The molecule has 1 rings (SSSR count). The Hall–Kier alpha value is -0.770. The van der Waals surface area contributed by atoms with Crippen LogP contribution in [0.3, 0.4) is 0 Å². The van der Waals surface area contributed by atoms with Gasteiger partial charge < -0.3 is 9.84 Å². The first kappa shape index (κ1) is 8.33. The Kier molecular flexibility index (Phi) is 1.80. The molecule has 1 aliphatic heterocycles. The van der Waals surface area contributed by atoms with Gasteiger partial charge in [0.25, 0.3) is 0 Å². The van der Waals surface area contributed by atoms with E-state index in [-0.39, 0.29) is 6.04 Å². The van der Waals surface area contributed by atoms with Crippen LogP contribution >= 0.6 is 0 Å². The van der Waals surface area contributed by atoms with Crippen molar-refractivity contribution in [3.8, 4) is 0 Å². The van der Waals surface area contributed by atoms with Crippen molar-refractivity contribution in [2.75, 3.05) is 6.61 Å². The van der Waals surface area contributed by atoms with Crippen molar-refractivity contribution in [1.82, 2.24) is 4.90 Å². The van der Waals surface area contributed by atoms with Gasteiger partial charge in [0.15, 0.2) is 0 Å². The monoisotopic (exact) mass is 159 g/mol. The van der Waals surface area contributed by atoms with Gasteiger partial charge in [0.2, 0.25) is 0 Å². The molecule has 1 atom stereocenters. The van der Waals surface area contributed by atoms with Gasteiger partial charge in [-0.2, -0.15) is 0 Å². The second-order valence-corrected chi connectivity index (χ2v) is 3.26. The minimum Gasteiger partial charge on any atom is -0.465 e. The predicted molar refractivity (Wildman–Crippen MR) is 39.4 cm³/mol. The first-order valence-electron chi connectivity index (χ1n) is 3.61. The normalized spacial score (nSPS) is 29.0. The van der Waals surface area contributed by atoms with Crippen LogP contribution in [0.1, 0.15) is 20.8 Å². The Balaban J connectivity index is 2.80. The van der Waals surface area contributed by atoms with Crippen LogP contribution in [-0.4, -0.2) is 34.5 Å². The molecule has 0 bridgehead atoms. The first-order valence-corrected chi connectivity index (χ1v) is 3.61. The molecule has 0 saturated carbocycles. The Morgan fingerprint density at radius 2 is 2.27 bits per heavy atom. The molecular formula is C7H13NO3. The lowest BCUT2D eigenvalue weighted by Crippen LogP contribution is -2.46. The fourth-order valence-electron chi connectivity index (χ4n) is 1.42. The third-order valence-corrected chi connectivity index (χ3v) is 1.90. The van der Waals surface area contributed by atoms with E-state index >= 15 is 0 Å². The Morgan fingerprint density at radius 1 is 1.73 bits per heavy atom. The molecule has 4 nitrogen and oxygen atoms in total. The van der Waals surface area contributed by atoms with Crippen molar-refractivity contribution in [1.29, 1.82) is 0 Å². The molecule has 1 amide bonds. The van der Waals surface area contributed by atoms with E-state index in [1.807, 2.05) is 6.92 Å². The number of carboxylic acid groups (broad SMARTS) is 1. The average molecular weight is 159 g/mol. The lowest BCUT2D eigenvalue weighted by Gasteiger charge is -2.29. The van der Waals surface area contributed by atoms with Crippen LogP contribution in [-0.2, 0) is 4.74 Å². The summed E-state index contributed by atoms with van der Waals surface area (Å²) in [6.45, 7) is 5.83. The van der Waals surface area contributed by atoms with Gasteiger partial charge in [0, 0.05) is 0 Å². The number of amides is 1. The number of rotatable bonds is 0. The first-order chi connectivity index (χ1) is 4.95. The summed E-state index contributed by atoms with van der Waals surface area (Å²) >= 11 is 0. The maximum absolute atomic E-state index is 10.7. The van der Waals surface area contributed by atoms with E-state index < -0.39 is 11.8 Å². The second-order valence-electron chi connectivity index (χ2n) is 3.26. The third-order valence-electron chi connectivity index (χ3n) is 1.90. The number of ether oxygens (including phenoxy) is 1.